The lowest BCUT2D eigenvalue weighted by Gasteiger charge is -2.06. The van der Waals surface area contributed by atoms with E-state index in [-0.39, 0.29) is 10.6 Å². The van der Waals surface area contributed by atoms with E-state index < -0.39 is 18.6 Å². The van der Waals surface area contributed by atoms with Crippen LogP contribution < -0.4 is 0 Å². The third-order valence-corrected chi connectivity index (χ3v) is 1.80. The van der Waals surface area contributed by atoms with E-state index in [1.807, 2.05) is 0 Å². The fourth-order valence-corrected chi connectivity index (χ4v) is 1.09. The van der Waals surface area contributed by atoms with Gasteiger partial charge in [-0.3, -0.25) is 0 Å². The predicted octanol–water partition coefficient (Wildman–Crippen LogP) is 2.48. The highest BCUT2D eigenvalue weighted by Gasteiger charge is 2.12. The molecule has 0 fully saturated rings. The second-order valence-electron chi connectivity index (χ2n) is 2.32. The Morgan fingerprint density at radius 3 is 2.75 bits per heavy atom. The third-order valence-electron chi connectivity index (χ3n) is 1.46. The van der Waals surface area contributed by atoms with Crippen LogP contribution in [0, 0.1) is 5.82 Å². The van der Waals surface area contributed by atoms with E-state index >= 15 is 0 Å². The fraction of sp³-hybridized carbons (Fsp3) is 0.250. The number of aliphatic hydroxyl groups is 1. The largest absolute Gasteiger partial charge is 0.393 e. The maximum absolute atomic E-state index is 12.8. The molecule has 12 heavy (non-hydrogen) atoms. The summed E-state index contributed by atoms with van der Waals surface area (Å²) in [5.74, 6) is -0.564. The number of hydrogen-bond donors (Lipinski definition) is 1. The average Bonchev–Trinajstić information content (AvgIpc) is 2.08. The zero-order valence-corrected chi connectivity index (χ0v) is 6.85. The standard InChI is InChI=1S/C8H7ClF2O/c9-7-2-1-5(10)3-6(7)8(11)4-12/h1-3,8,12H,4H2. The highest BCUT2D eigenvalue weighted by atomic mass is 35.5. The number of halogens is 3. The van der Waals surface area contributed by atoms with Gasteiger partial charge in [-0.25, -0.2) is 8.78 Å². The Hall–Kier alpha value is -0.670. The molecular weight excluding hydrogens is 186 g/mol. The monoisotopic (exact) mass is 192 g/mol. The molecule has 1 atom stereocenters. The Bertz CT molecular complexity index is 278. The molecule has 0 amide bonds. The molecule has 0 spiro atoms. The summed E-state index contributed by atoms with van der Waals surface area (Å²) in [4.78, 5) is 0. The highest BCUT2D eigenvalue weighted by Crippen LogP contribution is 2.25. The average molecular weight is 193 g/mol. The van der Waals surface area contributed by atoms with Crippen LogP contribution in [-0.4, -0.2) is 11.7 Å². The molecule has 0 aliphatic carbocycles. The van der Waals surface area contributed by atoms with Gasteiger partial charge in [-0.1, -0.05) is 11.6 Å². The molecule has 1 unspecified atom stereocenters. The van der Waals surface area contributed by atoms with Gasteiger partial charge < -0.3 is 5.11 Å². The van der Waals surface area contributed by atoms with Crippen LogP contribution in [0.1, 0.15) is 11.7 Å². The molecule has 66 valence electrons. The molecule has 1 nitrogen and oxygen atoms in total. The van der Waals surface area contributed by atoms with Crippen LogP contribution in [0.4, 0.5) is 8.78 Å². The zero-order valence-electron chi connectivity index (χ0n) is 6.10. The molecule has 1 aromatic rings. The SMILES string of the molecule is OCC(F)c1cc(F)ccc1Cl. The molecule has 0 aliphatic heterocycles. The number of alkyl halides is 1. The van der Waals surface area contributed by atoms with E-state index in [2.05, 4.69) is 0 Å². The normalized spacial score (nSPS) is 13.0. The van der Waals surface area contributed by atoms with Crippen LogP contribution in [0.3, 0.4) is 0 Å². The molecule has 0 saturated carbocycles. The van der Waals surface area contributed by atoms with E-state index in [9.17, 15) is 8.78 Å². The minimum atomic E-state index is -1.62. The Morgan fingerprint density at radius 2 is 2.17 bits per heavy atom. The van der Waals surface area contributed by atoms with Crippen molar-refractivity contribution in [3.63, 3.8) is 0 Å². The summed E-state index contributed by atoms with van der Waals surface area (Å²) < 4.78 is 25.3. The summed E-state index contributed by atoms with van der Waals surface area (Å²) in [5, 5.41) is 8.57. The van der Waals surface area contributed by atoms with Gasteiger partial charge in [0, 0.05) is 10.6 Å². The smallest absolute Gasteiger partial charge is 0.150 e. The van der Waals surface area contributed by atoms with Crippen molar-refractivity contribution in [3.8, 4) is 0 Å². The zero-order chi connectivity index (χ0) is 9.14. The van der Waals surface area contributed by atoms with Gasteiger partial charge in [0.05, 0.1) is 6.61 Å². The Kier molecular flexibility index (Phi) is 3.00. The molecule has 0 aliphatic rings. The maximum Gasteiger partial charge on any atom is 0.150 e. The lowest BCUT2D eigenvalue weighted by molar-refractivity contribution is 0.179. The predicted molar refractivity (Wildman–Crippen MR) is 42.3 cm³/mol. The van der Waals surface area contributed by atoms with Crippen molar-refractivity contribution in [3.05, 3.63) is 34.6 Å². The molecule has 4 heteroatoms. The van der Waals surface area contributed by atoms with E-state index in [4.69, 9.17) is 16.7 Å². The van der Waals surface area contributed by atoms with Crippen molar-refractivity contribution in [2.45, 2.75) is 6.17 Å². The van der Waals surface area contributed by atoms with Crippen molar-refractivity contribution < 1.29 is 13.9 Å². The van der Waals surface area contributed by atoms with Crippen LogP contribution in [0.15, 0.2) is 18.2 Å². The molecular formula is C8H7ClF2O. The third kappa shape index (κ3) is 1.93. The summed E-state index contributed by atoms with van der Waals surface area (Å²) in [6.07, 6.45) is -1.62. The number of benzene rings is 1. The van der Waals surface area contributed by atoms with E-state index in [1.54, 1.807) is 0 Å². The van der Waals surface area contributed by atoms with Crippen molar-refractivity contribution >= 4 is 11.6 Å². The van der Waals surface area contributed by atoms with Gasteiger partial charge in [0.15, 0.2) is 0 Å². The summed E-state index contributed by atoms with van der Waals surface area (Å²) in [5.41, 5.74) is -0.0147. The summed E-state index contributed by atoms with van der Waals surface area (Å²) in [7, 11) is 0. The van der Waals surface area contributed by atoms with Crippen molar-refractivity contribution in [1.82, 2.24) is 0 Å². The molecule has 0 aromatic heterocycles. The van der Waals surface area contributed by atoms with Gasteiger partial charge in [0.1, 0.15) is 12.0 Å². The molecule has 0 radical (unpaired) electrons. The lowest BCUT2D eigenvalue weighted by atomic mass is 10.1. The second kappa shape index (κ2) is 3.83. The molecule has 0 saturated heterocycles. The van der Waals surface area contributed by atoms with Crippen molar-refractivity contribution in [2.24, 2.45) is 0 Å². The number of hydrogen-bond acceptors (Lipinski definition) is 1. The molecule has 0 bridgehead atoms. The number of rotatable bonds is 2. The molecule has 1 rings (SSSR count). The first-order valence-corrected chi connectivity index (χ1v) is 3.73. The van der Waals surface area contributed by atoms with Gasteiger partial charge >= 0.3 is 0 Å². The van der Waals surface area contributed by atoms with E-state index in [0.29, 0.717) is 0 Å². The Labute approximate surface area is 73.6 Å². The molecule has 1 N–H and O–H groups in total. The van der Waals surface area contributed by atoms with Crippen LogP contribution in [0.2, 0.25) is 5.02 Å². The first-order chi connectivity index (χ1) is 5.65. The highest BCUT2D eigenvalue weighted by molar-refractivity contribution is 6.31. The van der Waals surface area contributed by atoms with Gasteiger partial charge in [0.25, 0.3) is 0 Å². The fourth-order valence-electron chi connectivity index (χ4n) is 0.853. The van der Waals surface area contributed by atoms with Gasteiger partial charge in [-0.2, -0.15) is 0 Å². The maximum atomic E-state index is 12.8. The minimum absolute atomic E-state index is 0.0147. The van der Waals surface area contributed by atoms with Gasteiger partial charge in [0.2, 0.25) is 0 Å². The van der Waals surface area contributed by atoms with E-state index in [0.717, 1.165) is 12.1 Å². The van der Waals surface area contributed by atoms with Gasteiger partial charge in [-0.05, 0) is 18.2 Å². The summed E-state index contributed by atoms with van der Waals surface area (Å²) in [6, 6.07) is 3.37. The second-order valence-corrected chi connectivity index (χ2v) is 2.72. The first-order valence-electron chi connectivity index (χ1n) is 3.35. The number of aliphatic hydroxyl groups excluding tert-OH is 1. The van der Waals surface area contributed by atoms with E-state index in [1.165, 1.54) is 6.07 Å². The lowest BCUT2D eigenvalue weighted by Crippen LogP contribution is -1.98. The Balaban J connectivity index is 3.04. The van der Waals surface area contributed by atoms with Crippen LogP contribution in [0.25, 0.3) is 0 Å². The quantitative estimate of drug-likeness (QED) is 0.763. The first kappa shape index (κ1) is 9.42. The Morgan fingerprint density at radius 1 is 1.50 bits per heavy atom. The molecule has 0 heterocycles. The molecule has 1 aromatic carbocycles. The minimum Gasteiger partial charge on any atom is -0.393 e. The van der Waals surface area contributed by atoms with Crippen LogP contribution >= 0.6 is 11.6 Å². The summed E-state index contributed by atoms with van der Waals surface area (Å²) in [6.45, 7) is -0.691. The van der Waals surface area contributed by atoms with Crippen molar-refractivity contribution in [2.75, 3.05) is 6.61 Å². The summed E-state index contributed by atoms with van der Waals surface area (Å²) >= 11 is 5.55. The van der Waals surface area contributed by atoms with Crippen molar-refractivity contribution in [1.29, 1.82) is 0 Å². The van der Waals surface area contributed by atoms with Crippen LogP contribution in [0.5, 0.6) is 0 Å². The van der Waals surface area contributed by atoms with Crippen LogP contribution in [-0.2, 0) is 0 Å². The topological polar surface area (TPSA) is 20.2 Å². The van der Waals surface area contributed by atoms with Gasteiger partial charge in [-0.15, -0.1) is 0 Å².